The molecule has 28 heavy (non-hydrogen) atoms. The van der Waals surface area contributed by atoms with Gasteiger partial charge in [0.2, 0.25) is 5.91 Å². The third-order valence-electron chi connectivity index (χ3n) is 4.61. The summed E-state index contributed by atoms with van der Waals surface area (Å²) in [5.74, 6) is -1.46. The molecule has 1 unspecified atom stereocenters. The minimum atomic E-state index is -4.75. The van der Waals surface area contributed by atoms with Crippen LogP contribution in [0.25, 0.3) is 0 Å². The van der Waals surface area contributed by atoms with E-state index in [1.165, 1.54) is 22.9 Å². The number of aromatic amines is 1. The Kier molecular flexibility index (Phi) is 5.33. The molecule has 0 bridgehead atoms. The number of hydrogen-bond acceptors (Lipinski definition) is 4. The number of aromatic nitrogens is 2. The molecule has 0 spiro atoms. The molecular formula is C17H15ClF4N4O2. The van der Waals surface area contributed by atoms with Gasteiger partial charge in [0.15, 0.2) is 0 Å². The molecule has 2 heterocycles. The van der Waals surface area contributed by atoms with Crippen molar-refractivity contribution in [3.05, 3.63) is 56.7 Å². The highest BCUT2D eigenvalue weighted by atomic mass is 35.5. The van der Waals surface area contributed by atoms with E-state index >= 15 is 0 Å². The van der Waals surface area contributed by atoms with Gasteiger partial charge in [-0.2, -0.15) is 18.3 Å². The molecule has 1 atom stereocenters. The molecule has 1 N–H and O–H groups in total. The van der Waals surface area contributed by atoms with Crippen LogP contribution in [0.2, 0.25) is 5.02 Å². The number of nitrogens with zero attached hydrogens (tertiary/aromatic N) is 3. The lowest BCUT2D eigenvalue weighted by Crippen LogP contribution is -2.51. The third-order valence-corrected chi connectivity index (χ3v) is 4.98. The van der Waals surface area contributed by atoms with E-state index < -0.39 is 35.1 Å². The predicted molar refractivity (Wildman–Crippen MR) is 93.6 cm³/mol. The first-order valence-electron chi connectivity index (χ1n) is 8.24. The molecule has 0 aliphatic carbocycles. The van der Waals surface area contributed by atoms with E-state index in [9.17, 15) is 27.2 Å². The minimum Gasteiger partial charge on any atom is -0.358 e. The van der Waals surface area contributed by atoms with Gasteiger partial charge < -0.3 is 9.80 Å². The van der Waals surface area contributed by atoms with Crippen molar-refractivity contribution in [3.8, 4) is 0 Å². The fourth-order valence-corrected chi connectivity index (χ4v) is 3.41. The van der Waals surface area contributed by atoms with E-state index in [0.717, 1.165) is 12.1 Å². The van der Waals surface area contributed by atoms with E-state index in [2.05, 4.69) is 10.2 Å². The van der Waals surface area contributed by atoms with Crippen molar-refractivity contribution in [2.75, 3.05) is 24.5 Å². The lowest BCUT2D eigenvalue weighted by molar-refractivity contribution is -0.141. The molecule has 2 aromatic rings. The largest absolute Gasteiger partial charge is 0.416 e. The van der Waals surface area contributed by atoms with E-state index in [1.54, 1.807) is 0 Å². The van der Waals surface area contributed by atoms with Gasteiger partial charge in [-0.1, -0.05) is 17.7 Å². The lowest BCUT2D eigenvalue weighted by Gasteiger charge is -2.39. The predicted octanol–water partition coefficient (Wildman–Crippen LogP) is 2.99. The van der Waals surface area contributed by atoms with Gasteiger partial charge in [0.05, 0.1) is 30.0 Å². The number of carbonyl (C=O) groups excluding carboxylic acids is 1. The Bertz CT molecular complexity index is 963. The molecule has 1 amide bonds. The maximum atomic E-state index is 13.3. The Morgan fingerprint density at radius 1 is 1.25 bits per heavy atom. The number of rotatable bonds is 3. The molecule has 1 aliphatic rings. The Labute approximate surface area is 161 Å². The summed E-state index contributed by atoms with van der Waals surface area (Å²) < 4.78 is 53.2. The molecule has 0 radical (unpaired) electrons. The molecular weight excluding hydrogens is 404 g/mol. The number of anilines is 1. The number of nitrogens with one attached hydrogen (secondary N) is 1. The number of halogens is 5. The second-order valence-electron chi connectivity index (χ2n) is 6.31. The van der Waals surface area contributed by atoms with E-state index in [-0.39, 0.29) is 35.9 Å². The van der Waals surface area contributed by atoms with E-state index in [4.69, 9.17) is 11.6 Å². The Hall–Kier alpha value is -2.62. The number of carbonyl (C=O) groups is 1. The van der Waals surface area contributed by atoms with Crippen LogP contribution in [0, 0.1) is 5.82 Å². The molecule has 150 valence electrons. The van der Waals surface area contributed by atoms with Crippen LogP contribution in [0.3, 0.4) is 0 Å². The normalized spacial score (nSPS) is 16.4. The first kappa shape index (κ1) is 20.1. The molecule has 1 aromatic carbocycles. The molecule has 6 nitrogen and oxygen atoms in total. The van der Waals surface area contributed by atoms with Gasteiger partial charge in [-0.25, -0.2) is 9.49 Å². The average Bonchev–Trinajstić information content (AvgIpc) is 2.62. The zero-order chi connectivity index (χ0) is 20.6. The summed E-state index contributed by atoms with van der Waals surface area (Å²) in [6, 6.07) is 1.48. The Balaban J connectivity index is 1.85. The fourth-order valence-electron chi connectivity index (χ4n) is 3.20. The first-order valence-corrected chi connectivity index (χ1v) is 8.61. The Morgan fingerprint density at radius 2 is 1.96 bits per heavy atom. The zero-order valence-electron chi connectivity index (χ0n) is 14.6. The van der Waals surface area contributed by atoms with Gasteiger partial charge in [-0.3, -0.25) is 9.59 Å². The van der Waals surface area contributed by atoms with Gasteiger partial charge in [0.1, 0.15) is 10.8 Å². The third kappa shape index (κ3) is 3.82. The van der Waals surface area contributed by atoms with Crippen LogP contribution in [0.1, 0.15) is 24.1 Å². The number of H-pyrrole nitrogens is 1. The minimum absolute atomic E-state index is 0.0950. The molecule has 11 heteroatoms. The highest BCUT2D eigenvalue weighted by Gasteiger charge is 2.38. The zero-order valence-corrected chi connectivity index (χ0v) is 15.3. The fraction of sp³-hybridized carbons (Fsp3) is 0.353. The van der Waals surface area contributed by atoms with Crippen LogP contribution in [0.4, 0.5) is 23.2 Å². The second kappa shape index (κ2) is 7.42. The summed E-state index contributed by atoms with van der Waals surface area (Å²) >= 11 is 5.94. The van der Waals surface area contributed by atoms with Gasteiger partial charge in [0.25, 0.3) is 5.56 Å². The van der Waals surface area contributed by atoms with Crippen LogP contribution in [0.5, 0.6) is 0 Å². The van der Waals surface area contributed by atoms with Crippen LogP contribution >= 0.6 is 11.6 Å². The van der Waals surface area contributed by atoms with Crippen molar-refractivity contribution in [1.29, 1.82) is 0 Å². The molecule has 1 aromatic heterocycles. The standard InChI is InChI=1S/C17H15ClF4N4O2/c1-9(11-3-2-10(19)6-12(11)17(20,21)22)26-5-4-25(8-14(26)27)13-7-23-24-16(28)15(13)18/h2-3,6-7,9H,4-5,8H2,1H3,(H,24,28). The van der Waals surface area contributed by atoms with Crippen LogP contribution in [-0.2, 0) is 11.0 Å². The summed E-state index contributed by atoms with van der Waals surface area (Å²) in [6.07, 6.45) is -3.45. The molecule has 1 fully saturated rings. The summed E-state index contributed by atoms with van der Waals surface area (Å²) in [5, 5.41) is 5.69. The van der Waals surface area contributed by atoms with Gasteiger partial charge in [-0.15, -0.1) is 0 Å². The number of hydrogen-bond donors (Lipinski definition) is 1. The number of piperazine rings is 1. The summed E-state index contributed by atoms with van der Waals surface area (Å²) in [5.41, 5.74) is -1.64. The summed E-state index contributed by atoms with van der Waals surface area (Å²) in [7, 11) is 0. The van der Waals surface area contributed by atoms with Crippen molar-refractivity contribution in [1.82, 2.24) is 15.1 Å². The summed E-state index contributed by atoms with van der Waals surface area (Å²) in [4.78, 5) is 27.0. The monoisotopic (exact) mass is 418 g/mol. The lowest BCUT2D eigenvalue weighted by atomic mass is 9.98. The van der Waals surface area contributed by atoms with Crippen LogP contribution < -0.4 is 10.5 Å². The molecule has 1 saturated heterocycles. The Morgan fingerprint density at radius 3 is 2.61 bits per heavy atom. The van der Waals surface area contributed by atoms with E-state index in [1.807, 2.05) is 0 Å². The van der Waals surface area contributed by atoms with Gasteiger partial charge >= 0.3 is 6.18 Å². The SMILES string of the molecule is CC(c1ccc(F)cc1C(F)(F)F)N1CCN(c2cn[nH]c(=O)c2Cl)CC1=O. The molecule has 0 saturated carbocycles. The molecule has 1 aliphatic heterocycles. The number of alkyl halides is 3. The topological polar surface area (TPSA) is 69.3 Å². The first-order chi connectivity index (χ1) is 13.1. The van der Waals surface area contributed by atoms with Crippen molar-refractivity contribution < 1.29 is 22.4 Å². The highest BCUT2D eigenvalue weighted by Crippen LogP contribution is 2.37. The summed E-state index contributed by atoms with van der Waals surface area (Å²) in [6.45, 7) is 1.61. The highest BCUT2D eigenvalue weighted by molar-refractivity contribution is 6.33. The smallest absolute Gasteiger partial charge is 0.358 e. The van der Waals surface area contributed by atoms with Crippen molar-refractivity contribution in [2.45, 2.75) is 19.1 Å². The average molecular weight is 419 g/mol. The molecule has 3 rings (SSSR count). The van der Waals surface area contributed by atoms with Crippen molar-refractivity contribution in [2.24, 2.45) is 0 Å². The van der Waals surface area contributed by atoms with Gasteiger partial charge in [-0.05, 0) is 24.6 Å². The number of amides is 1. The van der Waals surface area contributed by atoms with Crippen LogP contribution in [0.15, 0.2) is 29.2 Å². The van der Waals surface area contributed by atoms with Crippen molar-refractivity contribution >= 4 is 23.2 Å². The van der Waals surface area contributed by atoms with Crippen LogP contribution in [-0.4, -0.2) is 40.6 Å². The van der Waals surface area contributed by atoms with Crippen molar-refractivity contribution in [3.63, 3.8) is 0 Å². The van der Waals surface area contributed by atoms with E-state index in [0.29, 0.717) is 6.07 Å². The second-order valence-corrected chi connectivity index (χ2v) is 6.69. The maximum absolute atomic E-state index is 13.3. The quantitative estimate of drug-likeness (QED) is 0.778. The van der Waals surface area contributed by atoms with Gasteiger partial charge in [0, 0.05) is 13.1 Å². The number of benzene rings is 1. The maximum Gasteiger partial charge on any atom is 0.416 e.